The van der Waals surface area contributed by atoms with E-state index in [2.05, 4.69) is 11.0 Å². The summed E-state index contributed by atoms with van der Waals surface area (Å²) in [7, 11) is 0. The van der Waals surface area contributed by atoms with Gasteiger partial charge in [-0.25, -0.2) is 0 Å². The molecule has 0 amide bonds. The van der Waals surface area contributed by atoms with Gasteiger partial charge >= 0.3 is 5.97 Å². The Labute approximate surface area is 141 Å². The minimum Gasteiger partial charge on any atom is -0.480 e. The van der Waals surface area contributed by atoms with Crippen LogP contribution >= 0.6 is 24.8 Å². The van der Waals surface area contributed by atoms with E-state index < -0.39 is 5.97 Å². The third-order valence-electron chi connectivity index (χ3n) is 3.67. The molecule has 2 heterocycles. The maximum Gasteiger partial charge on any atom is 0.317 e. The normalized spacial score (nSPS) is 17.5. The van der Waals surface area contributed by atoms with Crippen molar-refractivity contribution in [2.45, 2.75) is 6.54 Å². The van der Waals surface area contributed by atoms with Crippen molar-refractivity contribution < 1.29 is 19.4 Å². The Bertz CT molecular complexity index is 508. The molecule has 124 valence electrons. The molecule has 0 radical (unpaired) electrons. The van der Waals surface area contributed by atoms with Crippen LogP contribution in [0.1, 0.15) is 5.56 Å². The SMILES string of the molecule is Cl.Cl.O=C(O)CN1CCN(Cc2ccc3c(c2)OCO3)CC1. The topological polar surface area (TPSA) is 62.2 Å². The van der Waals surface area contributed by atoms with Gasteiger partial charge in [0.15, 0.2) is 11.5 Å². The van der Waals surface area contributed by atoms with Crippen LogP contribution in [-0.4, -0.2) is 60.4 Å². The number of carboxylic acid groups (broad SMARTS) is 1. The molecule has 1 N–H and O–H groups in total. The Hall–Kier alpha value is -1.21. The van der Waals surface area contributed by atoms with Gasteiger partial charge in [-0.3, -0.25) is 14.6 Å². The summed E-state index contributed by atoms with van der Waals surface area (Å²) in [4.78, 5) is 15.0. The smallest absolute Gasteiger partial charge is 0.317 e. The zero-order valence-electron chi connectivity index (χ0n) is 12.1. The second kappa shape index (κ2) is 8.43. The first kappa shape index (κ1) is 18.8. The molecule has 0 bridgehead atoms. The van der Waals surface area contributed by atoms with E-state index in [1.165, 1.54) is 5.56 Å². The molecule has 2 aliphatic heterocycles. The minimum atomic E-state index is -0.755. The van der Waals surface area contributed by atoms with Gasteiger partial charge in [0.25, 0.3) is 0 Å². The second-order valence-electron chi connectivity index (χ2n) is 5.13. The Kier molecular flexibility index (Phi) is 7.22. The summed E-state index contributed by atoms with van der Waals surface area (Å²) in [6, 6.07) is 6.02. The van der Waals surface area contributed by atoms with Crippen LogP contribution in [0.2, 0.25) is 0 Å². The zero-order chi connectivity index (χ0) is 13.9. The predicted molar refractivity (Wildman–Crippen MR) is 86.4 cm³/mol. The molecule has 0 saturated carbocycles. The number of halogens is 2. The van der Waals surface area contributed by atoms with E-state index in [-0.39, 0.29) is 31.4 Å². The fraction of sp³-hybridized carbons (Fsp3) is 0.500. The summed E-state index contributed by atoms with van der Waals surface area (Å²) in [5.74, 6) is 0.862. The Balaban J connectivity index is 0.00000121. The summed E-state index contributed by atoms with van der Waals surface area (Å²) >= 11 is 0. The first-order valence-corrected chi connectivity index (χ1v) is 6.76. The highest BCUT2D eigenvalue weighted by Gasteiger charge is 2.19. The molecular weight excluding hydrogens is 331 g/mol. The number of carbonyl (C=O) groups is 1. The highest BCUT2D eigenvalue weighted by Crippen LogP contribution is 2.32. The van der Waals surface area contributed by atoms with Crippen LogP contribution in [0, 0.1) is 0 Å². The molecule has 0 spiro atoms. The number of piperazine rings is 1. The van der Waals surface area contributed by atoms with Gasteiger partial charge in [0.1, 0.15) is 0 Å². The van der Waals surface area contributed by atoms with E-state index in [4.69, 9.17) is 14.6 Å². The average Bonchev–Trinajstić information content (AvgIpc) is 2.88. The number of carboxylic acids is 1. The number of fused-ring (bicyclic) bond motifs is 1. The van der Waals surface area contributed by atoms with Crippen molar-refractivity contribution in [3.63, 3.8) is 0 Å². The maximum absolute atomic E-state index is 10.7. The molecule has 2 aliphatic rings. The van der Waals surface area contributed by atoms with Crippen LogP contribution in [0.25, 0.3) is 0 Å². The number of aliphatic carboxylic acids is 1. The van der Waals surface area contributed by atoms with E-state index in [0.717, 1.165) is 44.2 Å². The van der Waals surface area contributed by atoms with E-state index in [1.807, 2.05) is 17.0 Å². The molecule has 0 atom stereocenters. The summed E-state index contributed by atoms with van der Waals surface area (Å²) in [5, 5.41) is 8.78. The number of benzene rings is 1. The van der Waals surface area contributed by atoms with Crippen molar-refractivity contribution in [1.29, 1.82) is 0 Å². The Morgan fingerprint density at radius 1 is 1.05 bits per heavy atom. The van der Waals surface area contributed by atoms with Gasteiger partial charge in [-0.05, 0) is 17.7 Å². The third-order valence-corrected chi connectivity index (χ3v) is 3.67. The summed E-state index contributed by atoms with van der Waals surface area (Å²) in [5.41, 5.74) is 1.20. The van der Waals surface area contributed by atoms with E-state index in [9.17, 15) is 4.79 Å². The van der Waals surface area contributed by atoms with Crippen LogP contribution in [0.3, 0.4) is 0 Å². The Morgan fingerprint density at radius 2 is 1.68 bits per heavy atom. The van der Waals surface area contributed by atoms with Crippen molar-refractivity contribution in [2.24, 2.45) is 0 Å². The van der Waals surface area contributed by atoms with E-state index in [0.29, 0.717) is 6.79 Å². The summed E-state index contributed by atoms with van der Waals surface area (Å²) < 4.78 is 10.7. The second-order valence-corrected chi connectivity index (χ2v) is 5.13. The monoisotopic (exact) mass is 350 g/mol. The van der Waals surface area contributed by atoms with Gasteiger partial charge in [-0.2, -0.15) is 0 Å². The van der Waals surface area contributed by atoms with Gasteiger partial charge in [0.2, 0.25) is 6.79 Å². The fourth-order valence-corrected chi connectivity index (χ4v) is 2.59. The molecule has 1 aromatic rings. The van der Waals surface area contributed by atoms with E-state index in [1.54, 1.807) is 0 Å². The molecule has 22 heavy (non-hydrogen) atoms. The fourth-order valence-electron chi connectivity index (χ4n) is 2.59. The number of nitrogens with zero attached hydrogens (tertiary/aromatic N) is 2. The quantitative estimate of drug-likeness (QED) is 0.886. The lowest BCUT2D eigenvalue weighted by molar-refractivity contribution is -0.138. The predicted octanol–water partition coefficient (Wildman–Crippen LogP) is 1.46. The molecule has 8 heteroatoms. The molecule has 0 unspecified atom stereocenters. The lowest BCUT2D eigenvalue weighted by Gasteiger charge is -2.33. The third kappa shape index (κ3) is 4.64. The minimum absolute atomic E-state index is 0. The molecule has 0 aromatic heterocycles. The zero-order valence-corrected chi connectivity index (χ0v) is 13.7. The number of ether oxygens (including phenoxy) is 2. The first-order chi connectivity index (χ1) is 9.70. The molecule has 1 aromatic carbocycles. The van der Waals surface area contributed by atoms with Crippen molar-refractivity contribution in [1.82, 2.24) is 9.80 Å². The first-order valence-electron chi connectivity index (χ1n) is 6.76. The van der Waals surface area contributed by atoms with Crippen LogP contribution in [0.4, 0.5) is 0 Å². The van der Waals surface area contributed by atoms with Crippen molar-refractivity contribution >= 4 is 30.8 Å². The molecule has 1 fully saturated rings. The van der Waals surface area contributed by atoms with E-state index >= 15 is 0 Å². The van der Waals surface area contributed by atoms with Crippen LogP contribution in [0.15, 0.2) is 18.2 Å². The molecular formula is C14H20Cl2N2O4. The summed E-state index contributed by atoms with van der Waals surface area (Å²) in [6.45, 7) is 4.68. The molecule has 6 nitrogen and oxygen atoms in total. The summed E-state index contributed by atoms with van der Waals surface area (Å²) in [6.07, 6.45) is 0. The Morgan fingerprint density at radius 3 is 2.36 bits per heavy atom. The lowest BCUT2D eigenvalue weighted by atomic mass is 10.1. The maximum atomic E-state index is 10.7. The highest BCUT2D eigenvalue weighted by atomic mass is 35.5. The van der Waals surface area contributed by atoms with Crippen LogP contribution in [0.5, 0.6) is 11.5 Å². The standard InChI is InChI=1S/C14H18N2O4.2ClH/c17-14(18)9-16-5-3-15(4-6-16)8-11-1-2-12-13(7-11)20-10-19-12;;/h1-2,7H,3-6,8-10H2,(H,17,18);2*1H. The molecule has 1 saturated heterocycles. The number of hydrogen-bond donors (Lipinski definition) is 1. The van der Waals surface area contributed by atoms with Crippen molar-refractivity contribution in [2.75, 3.05) is 39.5 Å². The van der Waals surface area contributed by atoms with Gasteiger partial charge in [-0.1, -0.05) is 6.07 Å². The van der Waals surface area contributed by atoms with Crippen LogP contribution in [-0.2, 0) is 11.3 Å². The van der Waals surface area contributed by atoms with Crippen molar-refractivity contribution in [3.8, 4) is 11.5 Å². The largest absolute Gasteiger partial charge is 0.480 e. The van der Waals surface area contributed by atoms with Gasteiger partial charge < -0.3 is 14.6 Å². The lowest BCUT2D eigenvalue weighted by Crippen LogP contribution is -2.47. The number of rotatable bonds is 4. The van der Waals surface area contributed by atoms with Crippen molar-refractivity contribution in [3.05, 3.63) is 23.8 Å². The van der Waals surface area contributed by atoms with Gasteiger partial charge in [-0.15, -0.1) is 24.8 Å². The molecule has 3 rings (SSSR count). The molecule has 0 aliphatic carbocycles. The van der Waals surface area contributed by atoms with Gasteiger partial charge in [0.05, 0.1) is 6.54 Å². The van der Waals surface area contributed by atoms with Crippen LogP contribution < -0.4 is 9.47 Å². The van der Waals surface area contributed by atoms with Gasteiger partial charge in [0, 0.05) is 32.7 Å². The average molecular weight is 351 g/mol. The number of hydrogen-bond acceptors (Lipinski definition) is 5. The highest BCUT2D eigenvalue weighted by molar-refractivity contribution is 5.85.